The summed E-state index contributed by atoms with van der Waals surface area (Å²) in [6, 6.07) is 14.7. The van der Waals surface area contributed by atoms with Crippen molar-refractivity contribution in [2.75, 3.05) is 0 Å². The summed E-state index contributed by atoms with van der Waals surface area (Å²) in [6.07, 6.45) is 0. The van der Waals surface area contributed by atoms with Gasteiger partial charge in [-0.15, -0.1) is 11.3 Å². The van der Waals surface area contributed by atoms with Gasteiger partial charge >= 0.3 is 0 Å². The zero-order chi connectivity index (χ0) is 14.8. The Hall–Kier alpha value is -2.17. The van der Waals surface area contributed by atoms with Crippen LogP contribution in [0, 0.1) is 0 Å². The molecule has 0 aliphatic rings. The van der Waals surface area contributed by atoms with E-state index in [2.05, 4.69) is 4.98 Å². The molecule has 0 bridgehead atoms. The summed E-state index contributed by atoms with van der Waals surface area (Å²) in [5.41, 5.74) is 8.62. The van der Waals surface area contributed by atoms with E-state index in [1.165, 1.54) is 0 Å². The first-order valence-corrected chi connectivity index (χ1v) is 7.51. The van der Waals surface area contributed by atoms with E-state index in [1.54, 1.807) is 23.5 Å². The van der Waals surface area contributed by atoms with Crippen molar-refractivity contribution in [1.29, 1.82) is 0 Å². The lowest BCUT2D eigenvalue weighted by molar-refractivity contribution is 0.100. The number of hydrogen-bond donors (Lipinski definition) is 1. The average molecular weight is 315 g/mol. The molecular weight excluding hydrogens is 304 g/mol. The number of benzene rings is 2. The lowest BCUT2D eigenvalue weighted by Gasteiger charge is -1.99. The number of thiazole rings is 1. The van der Waals surface area contributed by atoms with Gasteiger partial charge in [-0.2, -0.15) is 0 Å². The lowest BCUT2D eigenvalue weighted by Crippen LogP contribution is -2.10. The maximum Gasteiger partial charge on any atom is 0.248 e. The van der Waals surface area contributed by atoms with Crippen LogP contribution in [-0.4, -0.2) is 10.9 Å². The zero-order valence-electron chi connectivity index (χ0n) is 10.9. The minimum atomic E-state index is -0.428. The van der Waals surface area contributed by atoms with E-state index in [1.807, 2.05) is 41.8 Å². The molecule has 0 atom stereocenters. The van der Waals surface area contributed by atoms with Gasteiger partial charge in [-0.05, 0) is 24.3 Å². The molecule has 104 valence electrons. The SMILES string of the molecule is NC(=O)c1ccc(-c2nc(-c3ccc(Cl)cc3)cs2)cc1. The standard InChI is InChI=1S/C16H11ClN2OS/c17-13-7-5-10(6-8-13)14-9-21-16(19-14)12-3-1-11(2-4-12)15(18)20/h1-9H,(H2,18,20). The van der Waals surface area contributed by atoms with Crippen LogP contribution in [0.1, 0.15) is 10.4 Å². The van der Waals surface area contributed by atoms with E-state index < -0.39 is 5.91 Å². The molecule has 0 saturated heterocycles. The minimum Gasteiger partial charge on any atom is -0.366 e. The highest BCUT2D eigenvalue weighted by Gasteiger charge is 2.07. The summed E-state index contributed by atoms with van der Waals surface area (Å²) >= 11 is 7.44. The third-order valence-corrected chi connectivity index (χ3v) is 4.20. The summed E-state index contributed by atoms with van der Waals surface area (Å²) < 4.78 is 0. The number of hydrogen-bond acceptors (Lipinski definition) is 3. The van der Waals surface area contributed by atoms with Crippen LogP contribution < -0.4 is 5.73 Å². The normalized spacial score (nSPS) is 10.5. The number of halogens is 1. The van der Waals surface area contributed by atoms with E-state index in [9.17, 15) is 4.79 Å². The predicted molar refractivity (Wildman–Crippen MR) is 86.5 cm³/mol. The zero-order valence-corrected chi connectivity index (χ0v) is 12.5. The maximum atomic E-state index is 11.1. The van der Waals surface area contributed by atoms with Crippen molar-refractivity contribution >= 4 is 28.8 Å². The number of nitrogens with two attached hydrogens (primary N) is 1. The van der Waals surface area contributed by atoms with Gasteiger partial charge in [0.2, 0.25) is 5.91 Å². The van der Waals surface area contributed by atoms with Crippen molar-refractivity contribution in [1.82, 2.24) is 4.98 Å². The highest BCUT2D eigenvalue weighted by Crippen LogP contribution is 2.29. The third kappa shape index (κ3) is 2.96. The molecule has 0 fully saturated rings. The lowest BCUT2D eigenvalue weighted by atomic mass is 10.1. The topological polar surface area (TPSA) is 56.0 Å². The van der Waals surface area contributed by atoms with Gasteiger partial charge < -0.3 is 5.73 Å². The molecule has 0 unspecified atom stereocenters. The van der Waals surface area contributed by atoms with Gasteiger partial charge in [0.05, 0.1) is 5.69 Å². The molecule has 1 aromatic heterocycles. The molecule has 1 amide bonds. The number of aromatic nitrogens is 1. The van der Waals surface area contributed by atoms with Crippen molar-refractivity contribution in [2.24, 2.45) is 5.73 Å². The van der Waals surface area contributed by atoms with E-state index in [0.29, 0.717) is 10.6 Å². The molecule has 3 aromatic rings. The number of rotatable bonds is 3. The first-order chi connectivity index (χ1) is 10.1. The third-order valence-electron chi connectivity index (χ3n) is 3.06. The van der Waals surface area contributed by atoms with Gasteiger partial charge in [-0.1, -0.05) is 35.9 Å². The molecule has 0 aliphatic heterocycles. The van der Waals surface area contributed by atoms with Crippen LogP contribution in [0.5, 0.6) is 0 Å². The smallest absolute Gasteiger partial charge is 0.248 e. The van der Waals surface area contributed by atoms with Crippen LogP contribution in [0.15, 0.2) is 53.9 Å². The summed E-state index contributed by atoms with van der Waals surface area (Å²) in [4.78, 5) is 15.7. The highest BCUT2D eigenvalue weighted by atomic mass is 35.5. The maximum absolute atomic E-state index is 11.1. The van der Waals surface area contributed by atoms with E-state index in [0.717, 1.165) is 21.8 Å². The number of carbonyl (C=O) groups excluding carboxylic acids is 1. The van der Waals surface area contributed by atoms with E-state index in [4.69, 9.17) is 17.3 Å². The summed E-state index contributed by atoms with van der Waals surface area (Å²) in [7, 11) is 0. The fourth-order valence-corrected chi connectivity index (χ4v) is 2.90. The molecule has 0 spiro atoms. The predicted octanol–water partition coefficient (Wildman–Crippen LogP) is 4.23. The van der Waals surface area contributed by atoms with Crippen molar-refractivity contribution < 1.29 is 4.79 Å². The number of nitrogens with zero attached hydrogens (tertiary/aromatic N) is 1. The van der Waals surface area contributed by atoms with Gasteiger partial charge in [-0.3, -0.25) is 4.79 Å². The van der Waals surface area contributed by atoms with Gasteiger partial charge in [-0.25, -0.2) is 4.98 Å². The highest BCUT2D eigenvalue weighted by molar-refractivity contribution is 7.13. The largest absolute Gasteiger partial charge is 0.366 e. The minimum absolute atomic E-state index is 0.428. The van der Waals surface area contributed by atoms with E-state index in [-0.39, 0.29) is 0 Å². The molecule has 2 aromatic carbocycles. The second-order valence-corrected chi connectivity index (χ2v) is 5.78. The molecular formula is C16H11ClN2OS. The first-order valence-electron chi connectivity index (χ1n) is 6.25. The second kappa shape index (κ2) is 5.68. The molecule has 0 saturated carbocycles. The van der Waals surface area contributed by atoms with Crippen molar-refractivity contribution in [2.45, 2.75) is 0 Å². The van der Waals surface area contributed by atoms with Crippen LogP contribution in [-0.2, 0) is 0 Å². The Labute approximate surface area is 131 Å². The fraction of sp³-hybridized carbons (Fsp3) is 0. The summed E-state index contributed by atoms with van der Waals surface area (Å²) in [6.45, 7) is 0. The Morgan fingerprint density at radius 3 is 2.24 bits per heavy atom. The van der Waals surface area contributed by atoms with Gasteiger partial charge in [0, 0.05) is 27.1 Å². The number of amides is 1. The van der Waals surface area contributed by atoms with Gasteiger partial charge in [0.1, 0.15) is 5.01 Å². The van der Waals surface area contributed by atoms with Crippen LogP contribution in [0.2, 0.25) is 5.02 Å². The Balaban J connectivity index is 1.90. The summed E-state index contributed by atoms with van der Waals surface area (Å²) in [5, 5.41) is 3.60. The van der Waals surface area contributed by atoms with Crippen LogP contribution in [0.4, 0.5) is 0 Å². The number of primary amides is 1. The fourth-order valence-electron chi connectivity index (χ4n) is 1.94. The first kappa shape index (κ1) is 13.8. The number of carbonyl (C=O) groups is 1. The monoisotopic (exact) mass is 314 g/mol. The summed E-state index contributed by atoms with van der Waals surface area (Å²) in [5.74, 6) is -0.428. The van der Waals surface area contributed by atoms with Crippen molar-refractivity contribution in [3.05, 3.63) is 64.5 Å². The van der Waals surface area contributed by atoms with Crippen LogP contribution in [0.25, 0.3) is 21.8 Å². The second-order valence-electron chi connectivity index (χ2n) is 4.49. The Morgan fingerprint density at radius 2 is 1.62 bits per heavy atom. The van der Waals surface area contributed by atoms with Crippen molar-refractivity contribution in [3.8, 4) is 21.8 Å². The molecule has 2 N–H and O–H groups in total. The Morgan fingerprint density at radius 1 is 1.00 bits per heavy atom. The van der Waals surface area contributed by atoms with Gasteiger partial charge in [0.25, 0.3) is 0 Å². The molecule has 1 heterocycles. The Bertz CT molecular complexity index is 779. The van der Waals surface area contributed by atoms with Crippen molar-refractivity contribution in [3.63, 3.8) is 0 Å². The molecule has 3 nitrogen and oxygen atoms in total. The molecule has 3 rings (SSSR count). The molecule has 21 heavy (non-hydrogen) atoms. The van der Waals surface area contributed by atoms with Crippen LogP contribution >= 0.6 is 22.9 Å². The molecule has 0 aliphatic carbocycles. The quantitative estimate of drug-likeness (QED) is 0.786. The van der Waals surface area contributed by atoms with Crippen LogP contribution in [0.3, 0.4) is 0 Å². The molecule has 0 radical (unpaired) electrons. The molecule has 5 heteroatoms. The van der Waals surface area contributed by atoms with Gasteiger partial charge in [0.15, 0.2) is 0 Å². The Kier molecular flexibility index (Phi) is 3.73. The van der Waals surface area contributed by atoms with E-state index >= 15 is 0 Å². The average Bonchev–Trinajstić information content (AvgIpc) is 2.98.